The number of hydrogen-bond acceptors (Lipinski definition) is 9. The van der Waals surface area contributed by atoms with Gasteiger partial charge in [-0.15, -0.1) is 0 Å². The van der Waals surface area contributed by atoms with Crippen LogP contribution in [0.2, 0.25) is 0 Å². The first-order valence-corrected chi connectivity index (χ1v) is 13.9. The Morgan fingerprint density at radius 1 is 0.617 bits per heavy atom. The van der Waals surface area contributed by atoms with Gasteiger partial charge in [0.2, 0.25) is 0 Å². The number of nitrogens with zero attached hydrogens (tertiary/aromatic N) is 3. The summed E-state index contributed by atoms with van der Waals surface area (Å²) >= 11 is 0. The lowest BCUT2D eigenvalue weighted by Gasteiger charge is -2.27. The molecule has 5 rings (SSSR count). The van der Waals surface area contributed by atoms with Crippen molar-refractivity contribution in [2.24, 2.45) is 0 Å². The first kappa shape index (κ1) is 31.7. The molecule has 0 saturated heterocycles. The van der Waals surface area contributed by atoms with Crippen molar-refractivity contribution >= 4 is 40.4 Å². The molecule has 0 saturated carbocycles. The van der Waals surface area contributed by atoms with Gasteiger partial charge in [-0.05, 0) is 41.5 Å². The average molecular weight is 636 g/mol. The zero-order valence-corrected chi connectivity index (χ0v) is 24.4. The maximum Gasteiger partial charge on any atom is 0.337 e. The van der Waals surface area contributed by atoms with Crippen LogP contribution in [0.5, 0.6) is 11.5 Å². The van der Waals surface area contributed by atoms with Crippen LogP contribution in [0.25, 0.3) is 0 Å². The standard InChI is InChI=1S/C34H25N3O10/c38-33(39)24-11-14-27(34(40)41)30(17-24)35(25-12-15-28(36(42)43)31(18-25)46-20-22-7-3-1-4-8-22)26-13-16-29(37(44)45)32(19-26)47-21-23-9-5-2-6-10-23/h1-19H,20-21H2,(H,38,39)(H,40,41). The number of anilines is 3. The normalized spacial score (nSPS) is 10.6. The second kappa shape index (κ2) is 13.9. The van der Waals surface area contributed by atoms with E-state index in [1.54, 1.807) is 60.7 Å². The summed E-state index contributed by atoms with van der Waals surface area (Å²) in [6.45, 7) is -0.0654. The fraction of sp³-hybridized carbons (Fsp3) is 0.0588. The number of carbonyl (C=O) groups is 2. The van der Waals surface area contributed by atoms with E-state index in [4.69, 9.17) is 9.47 Å². The van der Waals surface area contributed by atoms with Gasteiger partial charge in [0.25, 0.3) is 0 Å². The fourth-order valence-electron chi connectivity index (χ4n) is 4.75. The first-order chi connectivity index (χ1) is 22.6. The zero-order chi connectivity index (χ0) is 33.5. The topological polar surface area (TPSA) is 183 Å². The molecular weight excluding hydrogens is 610 g/mol. The van der Waals surface area contributed by atoms with Crippen LogP contribution < -0.4 is 14.4 Å². The van der Waals surface area contributed by atoms with Gasteiger partial charge in [0, 0.05) is 24.3 Å². The lowest BCUT2D eigenvalue weighted by Crippen LogP contribution is -2.16. The molecule has 0 unspecified atom stereocenters. The molecule has 0 atom stereocenters. The average Bonchev–Trinajstić information content (AvgIpc) is 3.07. The highest BCUT2D eigenvalue weighted by atomic mass is 16.6. The molecule has 47 heavy (non-hydrogen) atoms. The highest BCUT2D eigenvalue weighted by Crippen LogP contribution is 2.43. The van der Waals surface area contributed by atoms with Gasteiger partial charge in [-0.1, -0.05) is 60.7 Å². The van der Waals surface area contributed by atoms with Crippen molar-refractivity contribution in [2.75, 3.05) is 4.90 Å². The van der Waals surface area contributed by atoms with Crippen LogP contribution in [0, 0.1) is 20.2 Å². The molecule has 0 fully saturated rings. The second-order valence-electron chi connectivity index (χ2n) is 10.0. The Morgan fingerprint density at radius 2 is 1.09 bits per heavy atom. The van der Waals surface area contributed by atoms with Crippen LogP contribution in [-0.2, 0) is 13.2 Å². The predicted octanol–water partition coefficient (Wildman–Crippen LogP) is 7.53. The molecule has 0 radical (unpaired) electrons. The van der Waals surface area contributed by atoms with Crippen LogP contribution in [0.3, 0.4) is 0 Å². The monoisotopic (exact) mass is 635 g/mol. The molecule has 5 aromatic rings. The van der Waals surface area contributed by atoms with E-state index >= 15 is 0 Å². The number of carboxylic acid groups (broad SMARTS) is 2. The number of hydrogen-bond donors (Lipinski definition) is 2. The van der Waals surface area contributed by atoms with Crippen molar-refractivity contribution in [3.05, 3.63) is 158 Å². The molecule has 13 heteroatoms. The van der Waals surface area contributed by atoms with E-state index in [9.17, 15) is 40.0 Å². The van der Waals surface area contributed by atoms with E-state index in [1.165, 1.54) is 41.3 Å². The number of ether oxygens (including phenoxy) is 2. The Bertz CT molecular complexity index is 1860. The Kier molecular flexibility index (Phi) is 9.37. The summed E-state index contributed by atoms with van der Waals surface area (Å²) in [7, 11) is 0. The van der Waals surface area contributed by atoms with Gasteiger partial charge in [-0.2, -0.15) is 0 Å². The lowest BCUT2D eigenvalue weighted by atomic mass is 10.1. The lowest BCUT2D eigenvalue weighted by molar-refractivity contribution is -0.386. The van der Waals surface area contributed by atoms with Crippen molar-refractivity contribution in [1.29, 1.82) is 0 Å². The highest BCUT2D eigenvalue weighted by Gasteiger charge is 2.27. The van der Waals surface area contributed by atoms with Gasteiger partial charge in [0.15, 0.2) is 11.5 Å². The second-order valence-corrected chi connectivity index (χ2v) is 10.0. The van der Waals surface area contributed by atoms with Crippen molar-refractivity contribution in [3.8, 4) is 11.5 Å². The maximum atomic E-state index is 12.4. The molecule has 0 aliphatic carbocycles. The Morgan fingerprint density at radius 3 is 1.49 bits per heavy atom. The third-order valence-corrected chi connectivity index (χ3v) is 6.99. The minimum Gasteiger partial charge on any atom is -0.482 e. The van der Waals surface area contributed by atoms with Crippen LogP contribution >= 0.6 is 0 Å². The molecule has 0 aromatic heterocycles. The van der Waals surface area contributed by atoms with Gasteiger partial charge in [-0.3, -0.25) is 20.2 Å². The van der Waals surface area contributed by atoms with Crippen LogP contribution in [0.4, 0.5) is 28.4 Å². The van der Waals surface area contributed by atoms with Crippen molar-refractivity contribution in [1.82, 2.24) is 0 Å². The van der Waals surface area contributed by atoms with Gasteiger partial charge < -0.3 is 24.6 Å². The van der Waals surface area contributed by atoms with Crippen molar-refractivity contribution < 1.29 is 39.1 Å². The van der Waals surface area contributed by atoms with Crippen LogP contribution in [-0.4, -0.2) is 32.0 Å². The molecule has 2 N–H and O–H groups in total. The van der Waals surface area contributed by atoms with Gasteiger partial charge in [-0.25, -0.2) is 9.59 Å². The fourth-order valence-corrected chi connectivity index (χ4v) is 4.75. The number of rotatable bonds is 13. The summed E-state index contributed by atoms with van der Waals surface area (Å²) < 4.78 is 11.7. The molecule has 0 bridgehead atoms. The maximum absolute atomic E-state index is 12.4. The van der Waals surface area contributed by atoms with Crippen LogP contribution in [0.1, 0.15) is 31.8 Å². The number of carboxylic acids is 2. The summed E-state index contributed by atoms with van der Waals surface area (Å²) in [5.74, 6) is -3.05. The van der Waals surface area contributed by atoms with E-state index in [0.717, 1.165) is 29.3 Å². The zero-order valence-electron chi connectivity index (χ0n) is 24.4. The number of aromatic carboxylic acids is 2. The minimum atomic E-state index is -1.40. The summed E-state index contributed by atoms with van der Waals surface area (Å²) in [5.41, 5.74) is 0.256. The van der Waals surface area contributed by atoms with Gasteiger partial charge in [0.1, 0.15) is 13.2 Å². The molecule has 0 amide bonds. The Balaban J connectivity index is 1.69. The molecular formula is C34H25N3O10. The van der Waals surface area contributed by atoms with E-state index in [2.05, 4.69) is 0 Å². The van der Waals surface area contributed by atoms with Gasteiger partial charge in [0.05, 0.1) is 38.0 Å². The summed E-state index contributed by atoms with van der Waals surface area (Å²) in [6, 6.07) is 28.8. The van der Waals surface area contributed by atoms with Gasteiger partial charge >= 0.3 is 23.3 Å². The van der Waals surface area contributed by atoms with E-state index in [1.807, 2.05) is 0 Å². The molecule has 0 spiro atoms. The third-order valence-electron chi connectivity index (χ3n) is 6.99. The quantitative estimate of drug-likeness (QED) is 0.0963. The smallest absolute Gasteiger partial charge is 0.337 e. The summed E-state index contributed by atoms with van der Waals surface area (Å²) in [4.78, 5) is 48.3. The molecule has 0 aliphatic heterocycles. The van der Waals surface area contributed by atoms with E-state index in [-0.39, 0.29) is 64.3 Å². The van der Waals surface area contributed by atoms with E-state index < -0.39 is 21.8 Å². The molecule has 13 nitrogen and oxygen atoms in total. The van der Waals surface area contributed by atoms with Crippen molar-refractivity contribution in [3.63, 3.8) is 0 Å². The van der Waals surface area contributed by atoms with Crippen LogP contribution in [0.15, 0.2) is 115 Å². The molecule has 5 aromatic carbocycles. The summed E-state index contributed by atoms with van der Waals surface area (Å²) in [5, 5.41) is 43.7. The molecule has 236 valence electrons. The highest BCUT2D eigenvalue weighted by molar-refractivity contribution is 6.00. The molecule has 0 aliphatic rings. The van der Waals surface area contributed by atoms with Crippen molar-refractivity contribution in [2.45, 2.75) is 13.2 Å². The Labute approximate surface area is 266 Å². The SMILES string of the molecule is O=C(O)c1ccc(C(=O)O)c(N(c2ccc([N+](=O)[O-])c(OCc3ccccc3)c2)c2ccc([N+](=O)[O-])c(OCc3ccccc3)c2)c1. The first-order valence-electron chi connectivity index (χ1n) is 13.9. The largest absolute Gasteiger partial charge is 0.482 e. The third kappa shape index (κ3) is 7.32. The summed E-state index contributed by atoms with van der Waals surface area (Å²) in [6.07, 6.45) is 0. The number of benzene rings is 5. The Hall–Kier alpha value is -6.76. The minimum absolute atomic E-state index is 0.0327. The van der Waals surface area contributed by atoms with E-state index in [0.29, 0.717) is 0 Å². The molecule has 0 heterocycles. The number of nitro benzene ring substituents is 2. The predicted molar refractivity (Wildman–Crippen MR) is 170 cm³/mol. The number of nitro groups is 2.